The van der Waals surface area contributed by atoms with E-state index in [0.29, 0.717) is 0 Å². The van der Waals surface area contributed by atoms with Crippen molar-refractivity contribution in [2.45, 2.75) is 36.6 Å². The molecule has 0 fully saturated rings. The molecular formula is C9H18O9. The van der Waals surface area contributed by atoms with Crippen LogP contribution in [0.4, 0.5) is 0 Å². The number of aliphatic hydroxyl groups is 8. The lowest BCUT2D eigenvalue weighted by Crippen LogP contribution is -2.54. The van der Waals surface area contributed by atoms with Gasteiger partial charge in [-0.1, -0.05) is 0 Å². The van der Waals surface area contributed by atoms with E-state index in [-0.39, 0.29) is 0 Å². The Bertz CT molecular complexity index is 258. The molecule has 9 nitrogen and oxygen atoms in total. The first kappa shape index (κ1) is 17.4. The number of aliphatic hydroxyl groups excluding tert-OH is 8. The highest BCUT2D eigenvalue weighted by Crippen LogP contribution is 2.11. The molecule has 9 heteroatoms. The molecule has 0 heterocycles. The Kier molecular flexibility index (Phi) is 7.43. The summed E-state index contributed by atoms with van der Waals surface area (Å²) in [4.78, 5) is 10.8. The molecule has 8 N–H and O–H groups in total. The number of carbonyl (C=O) groups is 1. The Morgan fingerprint density at radius 1 is 0.778 bits per heavy atom. The Hall–Kier alpha value is -0.650. The van der Waals surface area contributed by atoms with Crippen LogP contribution in [0.25, 0.3) is 0 Å². The van der Waals surface area contributed by atoms with Crippen molar-refractivity contribution in [3.63, 3.8) is 0 Å². The molecule has 108 valence electrons. The van der Waals surface area contributed by atoms with E-state index in [4.69, 9.17) is 20.4 Å². The van der Waals surface area contributed by atoms with Crippen LogP contribution in [0.5, 0.6) is 0 Å². The summed E-state index contributed by atoms with van der Waals surface area (Å²) in [7, 11) is 0. The van der Waals surface area contributed by atoms with Crippen LogP contribution in [0.3, 0.4) is 0 Å². The van der Waals surface area contributed by atoms with Gasteiger partial charge in [-0.05, 0) is 0 Å². The third-order valence-corrected chi connectivity index (χ3v) is 2.44. The van der Waals surface area contributed by atoms with Crippen molar-refractivity contribution in [2.24, 2.45) is 0 Å². The Balaban J connectivity index is 4.62. The fourth-order valence-corrected chi connectivity index (χ4v) is 1.21. The van der Waals surface area contributed by atoms with E-state index in [1.165, 1.54) is 0 Å². The van der Waals surface area contributed by atoms with Crippen LogP contribution < -0.4 is 0 Å². The summed E-state index contributed by atoms with van der Waals surface area (Å²) in [5.74, 6) is -1.19. The van der Waals surface area contributed by atoms with Crippen LogP contribution in [0.1, 0.15) is 0 Å². The molecular weight excluding hydrogens is 252 g/mol. The molecule has 0 aliphatic heterocycles. The zero-order valence-corrected chi connectivity index (χ0v) is 9.36. The van der Waals surface area contributed by atoms with Gasteiger partial charge in [0, 0.05) is 0 Å². The van der Waals surface area contributed by atoms with Crippen molar-refractivity contribution in [3.05, 3.63) is 0 Å². The van der Waals surface area contributed by atoms with E-state index in [1.54, 1.807) is 0 Å². The van der Waals surface area contributed by atoms with Gasteiger partial charge in [-0.3, -0.25) is 4.79 Å². The van der Waals surface area contributed by atoms with Gasteiger partial charge in [0.15, 0.2) is 5.78 Å². The molecule has 0 aliphatic rings. The average molecular weight is 270 g/mol. The number of carbonyl (C=O) groups excluding carboxylic acids is 1. The quantitative estimate of drug-likeness (QED) is 0.214. The third-order valence-electron chi connectivity index (χ3n) is 2.44. The second-order valence-corrected chi connectivity index (χ2v) is 3.78. The number of ketones is 1. The average Bonchev–Trinajstić information content (AvgIpc) is 2.40. The van der Waals surface area contributed by atoms with E-state index in [2.05, 4.69) is 0 Å². The Labute approximate surface area is 102 Å². The fourth-order valence-electron chi connectivity index (χ4n) is 1.21. The number of rotatable bonds is 8. The summed E-state index contributed by atoms with van der Waals surface area (Å²) in [6.45, 7) is -1.98. The molecule has 0 unspecified atom stereocenters. The standard InChI is InChI=1S/C9H18O9/c10-1-3(12)5(14)7(16)9(18)8(17)6(15)4(13)2-11/h3,5-12,14-18H,1-2H2/t3-,5+,6-,7+,8+,9-/m1/s1. The van der Waals surface area contributed by atoms with Crippen LogP contribution in [0.2, 0.25) is 0 Å². The molecule has 0 aliphatic carbocycles. The minimum absolute atomic E-state index is 0.904. The predicted octanol–water partition coefficient (Wildman–Crippen LogP) is -5.29. The van der Waals surface area contributed by atoms with Crippen molar-refractivity contribution in [1.82, 2.24) is 0 Å². The third kappa shape index (κ3) is 4.23. The van der Waals surface area contributed by atoms with Gasteiger partial charge in [0.05, 0.1) is 6.61 Å². The first-order valence-corrected chi connectivity index (χ1v) is 5.10. The summed E-state index contributed by atoms with van der Waals surface area (Å²) in [5, 5.41) is 72.4. The highest BCUT2D eigenvalue weighted by Gasteiger charge is 2.38. The topological polar surface area (TPSA) is 179 Å². The summed E-state index contributed by atoms with van der Waals surface area (Å²) in [5.41, 5.74) is 0. The normalized spacial score (nSPS) is 21.8. The molecule has 0 spiro atoms. The summed E-state index contributed by atoms with van der Waals surface area (Å²) in [6, 6.07) is 0. The van der Waals surface area contributed by atoms with Crippen LogP contribution in [0.15, 0.2) is 0 Å². The van der Waals surface area contributed by atoms with Crippen molar-refractivity contribution < 1.29 is 45.6 Å². The van der Waals surface area contributed by atoms with Crippen LogP contribution >= 0.6 is 0 Å². The molecule has 0 rings (SSSR count). The predicted molar refractivity (Wildman–Crippen MR) is 55.2 cm³/mol. The van der Waals surface area contributed by atoms with Gasteiger partial charge >= 0.3 is 0 Å². The molecule has 6 atom stereocenters. The van der Waals surface area contributed by atoms with E-state index < -0.39 is 55.6 Å². The fraction of sp³-hybridized carbons (Fsp3) is 0.889. The van der Waals surface area contributed by atoms with Gasteiger partial charge in [0.1, 0.15) is 43.2 Å². The Morgan fingerprint density at radius 3 is 1.61 bits per heavy atom. The number of hydrogen-bond acceptors (Lipinski definition) is 9. The zero-order valence-electron chi connectivity index (χ0n) is 9.36. The molecule has 0 aromatic heterocycles. The lowest BCUT2D eigenvalue weighted by Gasteiger charge is -2.29. The van der Waals surface area contributed by atoms with E-state index in [9.17, 15) is 25.2 Å². The molecule has 0 saturated heterocycles. The smallest absolute Gasteiger partial charge is 0.189 e. The first-order chi connectivity index (χ1) is 8.27. The number of Topliss-reactive ketones (excluding diaryl/α,β-unsaturated/α-hetero) is 1. The second-order valence-electron chi connectivity index (χ2n) is 3.78. The maximum atomic E-state index is 10.8. The summed E-state index contributed by atoms with van der Waals surface area (Å²) in [6.07, 6.45) is -12.4. The highest BCUT2D eigenvalue weighted by molar-refractivity contribution is 5.84. The molecule has 18 heavy (non-hydrogen) atoms. The monoisotopic (exact) mass is 270 g/mol. The van der Waals surface area contributed by atoms with E-state index in [1.807, 2.05) is 0 Å². The van der Waals surface area contributed by atoms with Crippen LogP contribution in [-0.4, -0.2) is 96.5 Å². The molecule has 0 saturated carbocycles. The first-order valence-electron chi connectivity index (χ1n) is 5.10. The lowest BCUT2D eigenvalue weighted by atomic mass is 9.95. The second kappa shape index (κ2) is 7.71. The molecule has 0 aromatic carbocycles. The maximum Gasteiger partial charge on any atom is 0.189 e. The summed E-state index contributed by atoms with van der Waals surface area (Å²) >= 11 is 0. The molecule has 0 amide bonds. The SMILES string of the molecule is O=C(CO)[C@@H](O)[C@H](O)[C@H](O)[C@@H](O)[C@@H](O)[C@H](O)CO. The highest BCUT2D eigenvalue weighted by atomic mass is 16.4. The van der Waals surface area contributed by atoms with Gasteiger partial charge in [-0.15, -0.1) is 0 Å². The maximum absolute atomic E-state index is 10.8. The minimum atomic E-state index is -2.17. The van der Waals surface area contributed by atoms with E-state index in [0.717, 1.165) is 0 Å². The van der Waals surface area contributed by atoms with Crippen molar-refractivity contribution in [3.8, 4) is 0 Å². The lowest BCUT2D eigenvalue weighted by molar-refractivity contribution is -0.165. The minimum Gasteiger partial charge on any atom is -0.394 e. The summed E-state index contributed by atoms with van der Waals surface area (Å²) < 4.78 is 0. The molecule has 0 bridgehead atoms. The Morgan fingerprint density at radius 2 is 1.22 bits per heavy atom. The van der Waals surface area contributed by atoms with Crippen molar-refractivity contribution in [2.75, 3.05) is 13.2 Å². The van der Waals surface area contributed by atoms with Gasteiger partial charge < -0.3 is 40.9 Å². The van der Waals surface area contributed by atoms with Gasteiger partial charge in [0.2, 0.25) is 0 Å². The zero-order chi connectivity index (χ0) is 14.5. The largest absolute Gasteiger partial charge is 0.394 e. The van der Waals surface area contributed by atoms with Crippen LogP contribution in [0, 0.1) is 0 Å². The van der Waals surface area contributed by atoms with Crippen LogP contribution in [-0.2, 0) is 4.79 Å². The number of hydrogen-bond donors (Lipinski definition) is 8. The van der Waals surface area contributed by atoms with Gasteiger partial charge in [-0.2, -0.15) is 0 Å². The van der Waals surface area contributed by atoms with Crippen molar-refractivity contribution >= 4 is 5.78 Å². The van der Waals surface area contributed by atoms with Gasteiger partial charge in [-0.25, -0.2) is 0 Å². The molecule has 0 aromatic rings. The molecule has 0 radical (unpaired) electrons. The van der Waals surface area contributed by atoms with Crippen molar-refractivity contribution in [1.29, 1.82) is 0 Å². The van der Waals surface area contributed by atoms with Gasteiger partial charge in [0.25, 0.3) is 0 Å². The van der Waals surface area contributed by atoms with E-state index >= 15 is 0 Å².